The molecule has 1 fully saturated rings. The van der Waals surface area contributed by atoms with E-state index in [9.17, 15) is 0 Å². The smallest absolute Gasteiger partial charge is 0.123 e. The highest BCUT2D eigenvalue weighted by molar-refractivity contribution is 5.96. The third-order valence-electron chi connectivity index (χ3n) is 3.34. The molecule has 0 amide bonds. The van der Waals surface area contributed by atoms with Gasteiger partial charge in [0.15, 0.2) is 0 Å². The van der Waals surface area contributed by atoms with Gasteiger partial charge in [-0.05, 0) is 24.3 Å². The van der Waals surface area contributed by atoms with Crippen LogP contribution in [0, 0.1) is 11.3 Å². The molecular weight excluding hydrogens is 222 g/mol. The van der Waals surface area contributed by atoms with E-state index in [0.29, 0.717) is 5.92 Å². The highest BCUT2D eigenvalue weighted by Gasteiger charge is 2.29. The Bertz CT molecular complexity index is 422. The zero-order chi connectivity index (χ0) is 13.1. The Morgan fingerprint density at radius 2 is 2.06 bits per heavy atom. The van der Waals surface area contributed by atoms with Crippen LogP contribution in [0.1, 0.15) is 37.8 Å². The standard InChI is InChI=1S/C15H23N3/c1-11(2)9-18(13-7-8-13)10-12-5-3-4-6-14(12)15(16)17/h3-6,11,13H,7-10H2,1-2H3,(H3,16,17). The van der Waals surface area contributed by atoms with Crippen LogP contribution < -0.4 is 5.73 Å². The SMILES string of the molecule is CC(C)CN(Cc1ccccc1C(=N)N)C1CC1. The fourth-order valence-corrected chi connectivity index (χ4v) is 2.39. The van der Waals surface area contributed by atoms with Crippen LogP contribution in [0.3, 0.4) is 0 Å². The lowest BCUT2D eigenvalue weighted by molar-refractivity contribution is 0.226. The number of nitrogens with one attached hydrogen (secondary N) is 1. The highest BCUT2D eigenvalue weighted by Crippen LogP contribution is 2.29. The maximum atomic E-state index is 7.64. The van der Waals surface area contributed by atoms with Gasteiger partial charge >= 0.3 is 0 Å². The molecule has 0 aromatic heterocycles. The van der Waals surface area contributed by atoms with Gasteiger partial charge in [0, 0.05) is 24.7 Å². The number of nitrogens with zero attached hydrogens (tertiary/aromatic N) is 1. The van der Waals surface area contributed by atoms with Crippen molar-refractivity contribution < 1.29 is 0 Å². The summed E-state index contributed by atoms with van der Waals surface area (Å²) in [6.45, 7) is 6.55. The summed E-state index contributed by atoms with van der Waals surface area (Å²) in [5.41, 5.74) is 7.71. The Labute approximate surface area is 109 Å². The maximum Gasteiger partial charge on any atom is 0.123 e. The van der Waals surface area contributed by atoms with Crippen molar-refractivity contribution in [1.29, 1.82) is 5.41 Å². The largest absolute Gasteiger partial charge is 0.384 e. The molecule has 0 atom stereocenters. The van der Waals surface area contributed by atoms with Crippen LogP contribution in [-0.4, -0.2) is 23.3 Å². The van der Waals surface area contributed by atoms with Crippen molar-refractivity contribution in [1.82, 2.24) is 4.90 Å². The molecule has 2 rings (SSSR count). The molecule has 18 heavy (non-hydrogen) atoms. The van der Waals surface area contributed by atoms with Crippen LogP contribution in [0.15, 0.2) is 24.3 Å². The van der Waals surface area contributed by atoms with E-state index >= 15 is 0 Å². The summed E-state index contributed by atoms with van der Waals surface area (Å²) in [7, 11) is 0. The fourth-order valence-electron chi connectivity index (χ4n) is 2.39. The highest BCUT2D eigenvalue weighted by atomic mass is 15.2. The summed E-state index contributed by atoms with van der Waals surface area (Å²) in [6, 6.07) is 8.75. The van der Waals surface area contributed by atoms with Gasteiger partial charge in [-0.15, -0.1) is 0 Å². The summed E-state index contributed by atoms with van der Waals surface area (Å²) in [5.74, 6) is 0.848. The van der Waals surface area contributed by atoms with Gasteiger partial charge in [0.2, 0.25) is 0 Å². The third kappa shape index (κ3) is 3.33. The zero-order valence-corrected chi connectivity index (χ0v) is 11.3. The number of hydrogen-bond donors (Lipinski definition) is 2. The Hall–Kier alpha value is -1.35. The Morgan fingerprint density at radius 1 is 1.39 bits per heavy atom. The average Bonchev–Trinajstić information content (AvgIpc) is 3.11. The Kier molecular flexibility index (Phi) is 4.02. The predicted octanol–water partition coefficient (Wildman–Crippen LogP) is 2.59. The van der Waals surface area contributed by atoms with Gasteiger partial charge in [-0.2, -0.15) is 0 Å². The molecule has 3 heteroatoms. The molecule has 1 aromatic rings. The lowest BCUT2D eigenvalue weighted by Gasteiger charge is -2.25. The minimum absolute atomic E-state index is 0.172. The molecule has 0 radical (unpaired) electrons. The number of hydrogen-bond acceptors (Lipinski definition) is 2. The summed E-state index contributed by atoms with van der Waals surface area (Å²) in [5, 5.41) is 7.64. The first kappa shape index (κ1) is 13.1. The third-order valence-corrected chi connectivity index (χ3v) is 3.34. The van der Waals surface area contributed by atoms with Crippen LogP contribution in [0.25, 0.3) is 0 Å². The van der Waals surface area contributed by atoms with Crippen LogP contribution in [0.4, 0.5) is 0 Å². The van der Waals surface area contributed by atoms with E-state index in [4.69, 9.17) is 11.1 Å². The molecule has 0 spiro atoms. The van der Waals surface area contributed by atoms with E-state index in [1.165, 1.54) is 18.4 Å². The molecule has 0 aliphatic heterocycles. The van der Waals surface area contributed by atoms with E-state index in [1.807, 2.05) is 18.2 Å². The van der Waals surface area contributed by atoms with Crippen LogP contribution in [0.5, 0.6) is 0 Å². The first-order chi connectivity index (χ1) is 8.58. The first-order valence-corrected chi connectivity index (χ1v) is 6.74. The molecule has 1 aliphatic carbocycles. The second kappa shape index (κ2) is 5.53. The van der Waals surface area contributed by atoms with Crippen molar-refractivity contribution in [3.05, 3.63) is 35.4 Å². The minimum atomic E-state index is 0.172. The molecule has 0 heterocycles. The van der Waals surface area contributed by atoms with Gasteiger partial charge in [-0.3, -0.25) is 10.3 Å². The first-order valence-electron chi connectivity index (χ1n) is 6.74. The van der Waals surface area contributed by atoms with Crippen molar-refractivity contribution >= 4 is 5.84 Å². The van der Waals surface area contributed by atoms with Crippen LogP contribution in [-0.2, 0) is 6.54 Å². The monoisotopic (exact) mass is 245 g/mol. The van der Waals surface area contributed by atoms with E-state index in [0.717, 1.165) is 24.7 Å². The second-order valence-electron chi connectivity index (χ2n) is 5.63. The topological polar surface area (TPSA) is 53.1 Å². The normalized spacial score (nSPS) is 15.3. The van der Waals surface area contributed by atoms with Crippen molar-refractivity contribution in [2.24, 2.45) is 11.7 Å². The lowest BCUT2D eigenvalue weighted by Crippen LogP contribution is -2.30. The zero-order valence-electron chi connectivity index (χ0n) is 11.3. The maximum absolute atomic E-state index is 7.64. The van der Waals surface area contributed by atoms with E-state index in [1.54, 1.807) is 0 Å². The second-order valence-corrected chi connectivity index (χ2v) is 5.63. The number of benzene rings is 1. The van der Waals surface area contributed by atoms with E-state index in [-0.39, 0.29) is 5.84 Å². The quantitative estimate of drug-likeness (QED) is 0.598. The Morgan fingerprint density at radius 3 is 2.61 bits per heavy atom. The predicted molar refractivity (Wildman–Crippen MR) is 75.7 cm³/mol. The molecule has 0 saturated heterocycles. The number of nitrogens with two attached hydrogens (primary N) is 1. The number of nitrogen functional groups attached to an aromatic ring is 1. The van der Waals surface area contributed by atoms with Gasteiger partial charge in [0.25, 0.3) is 0 Å². The molecule has 1 aromatic carbocycles. The molecule has 3 N–H and O–H groups in total. The molecule has 0 unspecified atom stereocenters. The molecule has 1 saturated carbocycles. The van der Waals surface area contributed by atoms with Gasteiger partial charge in [-0.1, -0.05) is 38.1 Å². The van der Waals surface area contributed by atoms with E-state index in [2.05, 4.69) is 24.8 Å². The summed E-state index contributed by atoms with van der Waals surface area (Å²) < 4.78 is 0. The van der Waals surface area contributed by atoms with Gasteiger partial charge < -0.3 is 5.73 Å². The Balaban J connectivity index is 2.13. The number of amidine groups is 1. The van der Waals surface area contributed by atoms with Crippen LogP contribution >= 0.6 is 0 Å². The van der Waals surface area contributed by atoms with Crippen molar-refractivity contribution in [3.63, 3.8) is 0 Å². The van der Waals surface area contributed by atoms with Crippen molar-refractivity contribution in [3.8, 4) is 0 Å². The van der Waals surface area contributed by atoms with Crippen LogP contribution in [0.2, 0.25) is 0 Å². The number of rotatable bonds is 6. The van der Waals surface area contributed by atoms with Gasteiger partial charge in [0.05, 0.1) is 0 Å². The summed E-state index contributed by atoms with van der Waals surface area (Å²) >= 11 is 0. The lowest BCUT2D eigenvalue weighted by atomic mass is 10.1. The molecule has 98 valence electrons. The van der Waals surface area contributed by atoms with Gasteiger partial charge in [-0.25, -0.2) is 0 Å². The molecule has 3 nitrogen and oxygen atoms in total. The average molecular weight is 245 g/mol. The molecule has 0 bridgehead atoms. The molecule has 1 aliphatic rings. The molecular formula is C15H23N3. The van der Waals surface area contributed by atoms with Crippen molar-refractivity contribution in [2.45, 2.75) is 39.3 Å². The summed E-state index contributed by atoms with van der Waals surface area (Å²) in [6.07, 6.45) is 2.63. The van der Waals surface area contributed by atoms with Crippen molar-refractivity contribution in [2.75, 3.05) is 6.54 Å². The fraction of sp³-hybridized carbons (Fsp3) is 0.533. The van der Waals surface area contributed by atoms with E-state index < -0.39 is 0 Å². The summed E-state index contributed by atoms with van der Waals surface area (Å²) in [4.78, 5) is 2.53. The van der Waals surface area contributed by atoms with Gasteiger partial charge in [0.1, 0.15) is 5.84 Å². The minimum Gasteiger partial charge on any atom is -0.384 e.